The summed E-state index contributed by atoms with van der Waals surface area (Å²) in [7, 11) is 0. The summed E-state index contributed by atoms with van der Waals surface area (Å²) in [6, 6.07) is 15.3. The molecule has 2 rings (SSSR count). The smallest absolute Gasteiger partial charge is 0.229 e. The monoisotopic (exact) mass is 318 g/mol. The molecule has 0 heterocycles. The normalized spacial score (nSPS) is 12.9. The Bertz CT molecular complexity index is 628. The summed E-state index contributed by atoms with van der Waals surface area (Å²) in [5.41, 5.74) is 10.3. The summed E-state index contributed by atoms with van der Waals surface area (Å²) in [5.74, 6) is -0.354. The van der Waals surface area contributed by atoms with Gasteiger partial charge in [0.05, 0.1) is 5.92 Å². The Hall–Kier alpha value is -1.84. The number of hydrogen-bond donors (Lipinski definition) is 2. The van der Waals surface area contributed by atoms with Crippen LogP contribution in [0.5, 0.6) is 0 Å². The first-order chi connectivity index (χ1) is 10.0. The Morgan fingerprint density at radius 1 is 1.05 bits per heavy atom. The Kier molecular flexibility index (Phi) is 6.60. The first-order valence-corrected chi connectivity index (χ1v) is 7.18. The van der Waals surface area contributed by atoms with Crippen molar-refractivity contribution in [2.75, 3.05) is 5.32 Å². The van der Waals surface area contributed by atoms with E-state index in [1.807, 2.05) is 69.3 Å². The third-order valence-electron chi connectivity index (χ3n) is 4.00. The molecule has 2 aromatic rings. The van der Waals surface area contributed by atoms with Crippen LogP contribution in [0.3, 0.4) is 0 Å². The summed E-state index contributed by atoms with van der Waals surface area (Å²) < 4.78 is 0. The molecule has 0 radical (unpaired) electrons. The number of amides is 1. The van der Waals surface area contributed by atoms with Gasteiger partial charge >= 0.3 is 0 Å². The number of halogens is 1. The standard InChI is InChI=1S/C18H22N2O.ClH/c1-12-8-7-11-16(13(12)2)20-18(21)14(3)17(19)15-9-5-4-6-10-15;/h4-11,14,17H,19H2,1-3H3,(H,20,21);1H. The van der Waals surface area contributed by atoms with Crippen molar-refractivity contribution in [1.82, 2.24) is 0 Å². The van der Waals surface area contributed by atoms with E-state index < -0.39 is 0 Å². The van der Waals surface area contributed by atoms with Crippen molar-refractivity contribution in [3.63, 3.8) is 0 Å². The van der Waals surface area contributed by atoms with E-state index in [0.717, 1.165) is 22.4 Å². The van der Waals surface area contributed by atoms with Crippen molar-refractivity contribution in [2.45, 2.75) is 26.8 Å². The van der Waals surface area contributed by atoms with Crippen LogP contribution in [0.15, 0.2) is 48.5 Å². The van der Waals surface area contributed by atoms with Gasteiger partial charge in [0.25, 0.3) is 0 Å². The molecule has 3 N–H and O–H groups in total. The van der Waals surface area contributed by atoms with Crippen molar-refractivity contribution >= 4 is 24.0 Å². The molecule has 0 aliphatic heterocycles. The fourth-order valence-electron chi connectivity index (χ4n) is 2.26. The van der Waals surface area contributed by atoms with E-state index in [1.165, 1.54) is 0 Å². The van der Waals surface area contributed by atoms with Gasteiger partial charge in [-0.05, 0) is 36.6 Å². The number of nitrogens with two attached hydrogens (primary N) is 1. The Labute approximate surface area is 138 Å². The number of rotatable bonds is 4. The molecule has 0 saturated heterocycles. The molecule has 0 aliphatic carbocycles. The van der Waals surface area contributed by atoms with Gasteiger partial charge in [-0.3, -0.25) is 4.79 Å². The third kappa shape index (κ3) is 4.09. The number of carbonyl (C=O) groups excluding carboxylic acids is 1. The van der Waals surface area contributed by atoms with Crippen LogP contribution in [-0.4, -0.2) is 5.91 Å². The largest absolute Gasteiger partial charge is 0.326 e. The van der Waals surface area contributed by atoms with Crippen LogP contribution >= 0.6 is 12.4 Å². The number of nitrogens with one attached hydrogen (secondary N) is 1. The van der Waals surface area contributed by atoms with Crippen LogP contribution in [0.4, 0.5) is 5.69 Å². The molecule has 3 nitrogen and oxygen atoms in total. The van der Waals surface area contributed by atoms with Crippen molar-refractivity contribution in [2.24, 2.45) is 11.7 Å². The molecule has 22 heavy (non-hydrogen) atoms. The molecule has 1 amide bonds. The van der Waals surface area contributed by atoms with Gasteiger partial charge in [0.2, 0.25) is 5.91 Å². The second-order valence-corrected chi connectivity index (χ2v) is 5.46. The molecule has 0 aliphatic rings. The number of carbonyl (C=O) groups is 1. The Balaban J connectivity index is 0.00000242. The van der Waals surface area contributed by atoms with Crippen LogP contribution in [0.1, 0.15) is 29.7 Å². The highest BCUT2D eigenvalue weighted by Gasteiger charge is 2.22. The Morgan fingerprint density at radius 2 is 1.68 bits per heavy atom. The maximum Gasteiger partial charge on any atom is 0.229 e. The highest BCUT2D eigenvalue weighted by Crippen LogP contribution is 2.23. The third-order valence-corrected chi connectivity index (χ3v) is 4.00. The van der Waals surface area contributed by atoms with Crippen LogP contribution in [0.25, 0.3) is 0 Å². The van der Waals surface area contributed by atoms with Gasteiger partial charge in [0.15, 0.2) is 0 Å². The predicted molar refractivity (Wildman–Crippen MR) is 94.3 cm³/mol. The van der Waals surface area contributed by atoms with E-state index in [9.17, 15) is 4.79 Å². The molecule has 0 bridgehead atoms. The maximum atomic E-state index is 12.4. The molecule has 118 valence electrons. The number of benzene rings is 2. The van der Waals surface area contributed by atoms with Crippen LogP contribution in [0.2, 0.25) is 0 Å². The maximum absolute atomic E-state index is 12.4. The highest BCUT2D eigenvalue weighted by molar-refractivity contribution is 5.93. The zero-order valence-electron chi connectivity index (χ0n) is 13.2. The second-order valence-electron chi connectivity index (χ2n) is 5.46. The van der Waals surface area contributed by atoms with Gasteiger partial charge in [-0.15, -0.1) is 12.4 Å². The zero-order valence-corrected chi connectivity index (χ0v) is 14.0. The number of anilines is 1. The molecule has 2 aromatic carbocycles. The summed E-state index contributed by atoms with van der Waals surface area (Å²) in [6.07, 6.45) is 0. The van der Waals surface area contributed by atoms with Crippen LogP contribution in [0, 0.1) is 19.8 Å². The van der Waals surface area contributed by atoms with Crippen LogP contribution in [-0.2, 0) is 4.79 Å². The minimum absolute atomic E-state index is 0. The molecule has 0 spiro atoms. The zero-order chi connectivity index (χ0) is 15.4. The molecule has 2 unspecified atom stereocenters. The van der Waals surface area contributed by atoms with Crippen molar-refractivity contribution in [3.8, 4) is 0 Å². The SMILES string of the molecule is Cc1cccc(NC(=O)C(C)C(N)c2ccccc2)c1C.Cl. The van der Waals surface area contributed by atoms with Crippen molar-refractivity contribution < 1.29 is 4.79 Å². The second kappa shape index (κ2) is 7.97. The first kappa shape index (κ1) is 18.2. The van der Waals surface area contributed by atoms with Gasteiger partial charge in [-0.25, -0.2) is 0 Å². The lowest BCUT2D eigenvalue weighted by Crippen LogP contribution is -2.30. The average molecular weight is 319 g/mol. The summed E-state index contributed by atoms with van der Waals surface area (Å²) in [5, 5.41) is 2.98. The summed E-state index contributed by atoms with van der Waals surface area (Å²) >= 11 is 0. The van der Waals surface area contributed by atoms with Crippen molar-refractivity contribution in [1.29, 1.82) is 0 Å². The number of hydrogen-bond acceptors (Lipinski definition) is 2. The Morgan fingerprint density at radius 3 is 2.32 bits per heavy atom. The molecule has 2 atom stereocenters. The fraction of sp³-hybridized carbons (Fsp3) is 0.278. The lowest BCUT2D eigenvalue weighted by Gasteiger charge is -2.20. The van der Waals surface area contributed by atoms with Gasteiger partial charge < -0.3 is 11.1 Å². The van der Waals surface area contributed by atoms with Gasteiger partial charge in [0, 0.05) is 11.7 Å². The predicted octanol–water partition coefficient (Wildman–Crippen LogP) is 4.00. The first-order valence-electron chi connectivity index (χ1n) is 7.18. The van der Waals surface area contributed by atoms with E-state index in [-0.39, 0.29) is 30.3 Å². The minimum atomic E-state index is -0.309. The molecular formula is C18H23ClN2O. The highest BCUT2D eigenvalue weighted by atomic mass is 35.5. The topological polar surface area (TPSA) is 55.1 Å². The molecular weight excluding hydrogens is 296 g/mol. The van der Waals surface area contributed by atoms with E-state index in [4.69, 9.17) is 5.73 Å². The van der Waals surface area contributed by atoms with Crippen molar-refractivity contribution in [3.05, 3.63) is 65.2 Å². The molecule has 0 aromatic heterocycles. The minimum Gasteiger partial charge on any atom is -0.326 e. The van der Waals surface area contributed by atoms with E-state index >= 15 is 0 Å². The van der Waals surface area contributed by atoms with E-state index in [2.05, 4.69) is 5.32 Å². The lowest BCUT2D eigenvalue weighted by atomic mass is 9.94. The lowest BCUT2D eigenvalue weighted by molar-refractivity contribution is -0.120. The summed E-state index contributed by atoms with van der Waals surface area (Å²) in [4.78, 5) is 12.4. The molecule has 0 saturated carbocycles. The average Bonchev–Trinajstić information content (AvgIpc) is 2.51. The van der Waals surface area contributed by atoms with Gasteiger partial charge in [0.1, 0.15) is 0 Å². The van der Waals surface area contributed by atoms with Gasteiger partial charge in [-0.1, -0.05) is 49.4 Å². The fourth-order valence-corrected chi connectivity index (χ4v) is 2.26. The van der Waals surface area contributed by atoms with E-state index in [0.29, 0.717) is 0 Å². The van der Waals surface area contributed by atoms with Gasteiger partial charge in [-0.2, -0.15) is 0 Å². The molecule has 4 heteroatoms. The van der Waals surface area contributed by atoms with E-state index in [1.54, 1.807) is 0 Å². The van der Waals surface area contributed by atoms with Crippen LogP contribution < -0.4 is 11.1 Å². The quantitative estimate of drug-likeness (QED) is 0.895. The molecule has 0 fully saturated rings. The number of aryl methyl sites for hydroxylation is 1. The summed E-state index contributed by atoms with van der Waals surface area (Å²) in [6.45, 7) is 5.90.